The van der Waals surface area contributed by atoms with E-state index >= 15 is 0 Å². The van der Waals surface area contributed by atoms with E-state index in [4.69, 9.17) is 0 Å². The van der Waals surface area contributed by atoms with Crippen molar-refractivity contribution in [2.45, 2.75) is 19.0 Å². The van der Waals surface area contributed by atoms with E-state index < -0.39 is 11.6 Å². The van der Waals surface area contributed by atoms with Crippen molar-refractivity contribution in [1.82, 2.24) is 20.2 Å². The normalized spacial score (nSPS) is 21.5. The molecule has 1 aromatic carbocycles. The van der Waals surface area contributed by atoms with Crippen LogP contribution in [-0.4, -0.2) is 26.8 Å². The predicted octanol–water partition coefficient (Wildman–Crippen LogP) is 1.44. The lowest BCUT2D eigenvalue weighted by atomic mass is 9.90. The molecule has 3 rings (SSSR count). The second kappa shape index (κ2) is 4.97. The Bertz CT molecular complexity index is 675. The summed E-state index contributed by atoms with van der Waals surface area (Å²) in [6.45, 7) is 1.90. The number of carbonyl (C=O) groups excluding carboxylic acids is 2. The molecule has 2 heterocycles. The van der Waals surface area contributed by atoms with Crippen molar-refractivity contribution in [3.8, 4) is 0 Å². The van der Waals surface area contributed by atoms with Gasteiger partial charge in [-0.1, -0.05) is 30.3 Å². The Kier molecular flexibility index (Phi) is 3.13. The molecule has 0 spiro atoms. The zero-order valence-electron chi connectivity index (χ0n) is 11.5. The molecule has 21 heavy (non-hydrogen) atoms. The van der Waals surface area contributed by atoms with E-state index in [0.717, 1.165) is 5.56 Å². The van der Waals surface area contributed by atoms with E-state index in [1.165, 1.54) is 4.90 Å². The summed E-state index contributed by atoms with van der Waals surface area (Å²) in [5.41, 5.74) is -0.304. The number of aromatic nitrogens is 2. The number of hydrogen-bond donors (Lipinski definition) is 1. The number of imide groups is 1. The van der Waals surface area contributed by atoms with E-state index in [9.17, 15) is 9.59 Å². The van der Waals surface area contributed by atoms with Crippen LogP contribution in [0.3, 0.4) is 0 Å². The first-order valence-electron chi connectivity index (χ1n) is 6.57. The third-order valence-corrected chi connectivity index (χ3v) is 3.70. The first-order valence-corrected chi connectivity index (χ1v) is 6.57. The second-order valence-corrected chi connectivity index (χ2v) is 4.95. The summed E-state index contributed by atoms with van der Waals surface area (Å²) in [5, 5.41) is 2.37. The van der Waals surface area contributed by atoms with E-state index in [1.807, 2.05) is 30.3 Å². The number of rotatable bonds is 3. The van der Waals surface area contributed by atoms with Gasteiger partial charge in [0.15, 0.2) is 0 Å². The zero-order chi connectivity index (χ0) is 14.9. The van der Waals surface area contributed by atoms with E-state index in [0.29, 0.717) is 5.82 Å². The average Bonchev–Trinajstić information content (AvgIpc) is 2.74. The van der Waals surface area contributed by atoms with Gasteiger partial charge < -0.3 is 0 Å². The summed E-state index contributed by atoms with van der Waals surface area (Å²) in [7, 11) is 0. The number of nitrogens with zero attached hydrogens (tertiary/aromatic N) is 3. The number of benzene rings is 1. The van der Waals surface area contributed by atoms with Gasteiger partial charge in [0, 0.05) is 12.4 Å². The second-order valence-electron chi connectivity index (χ2n) is 4.95. The van der Waals surface area contributed by atoms with Crippen molar-refractivity contribution in [2.75, 3.05) is 0 Å². The Labute approximate surface area is 121 Å². The smallest absolute Gasteiger partial charge is 0.298 e. The molecule has 0 saturated carbocycles. The van der Waals surface area contributed by atoms with Gasteiger partial charge in [0.25, 0.3) is 5.91 Å². The molecule has 2 aromatic rings. The monoisotopic (exact) mass is 282 g/mol. The van der Waals surface area contributed by atoms with Crippen LogP contribution in [0.25, 0.3) is 0 Å². The molecule has 1 N–H and O–H groups in total. The molecule has 1 saturated heterocycles. The highest BCUT2D eigenvalue weighted by Crippen LogP contribution is 2.33. The summed E-state index contributed by atoms with van der Waals surface area (Å²) in [6, 6.07) is 10.5. The van der Waals surface area contributed by atoms with Gasteiger partial charge in [-0.15, -0.1) is 0 Å². The van der Waals surface area contributed by atoms with Crippen LogP contribution in [0, 0.1) is 0 Å². The lowest BCUT2D eigenvalue weighted by Gasteiger charge is -2.31. The number of amides is 3. The van der Waals surface area contributed by atoms with Crippen molar-refractivity contribution < 1.29 is 9.59 Å². The fraction of sp³-hybridized carbons (Fsp3) is 0.200. The molecule has 1 unspecified atom stereocenters. The summed E-state index contributed by atoms with van der Waals surface area (Å²) in [6.07, 6.45) is 3.22. The molecule has 1 aliphatic heterocycles. The number of urea groups is 1. The quantitative estimate of drug-likeness (QED) is 0.864. The van der Waals surface area contributed by atoms with Crippen LogP contribution in [0.4, 0.5) is 4.79 Å². The van der Waals surface area contributed by atoms with Gasteiger partial charge in [-0.05, 0) is 18.6 Å². The molecular formula is C15H14N4O2. The standard InChI is InChI=1S/C15H14N4O2/c1-15(11-6-3-2-4-7-11)13(20)18-14(21)19(15)10-12-16-8-5-9-17-12/h2-9H,10H2,1H3,(H,18,20,21). The van der Waals surface area contributed by atoms with Crippen LogP contribution in [-0.2, 0) is 16.9 Å². The molecule has 106 valence electrons. The van der Waals surface area contributed by atoms with Crippen LogP contribution >= 0.6 is 0 Å². The Hall–Kier alpha value is -2.76. The highest BCUT2D eigenvalue weighted by atomic mass is 16.2. The highest BCUT2D eigenvalue weighted by molar-refractivity contribution is 6.07. The Morgan fingerprint density at radius 1 is 1.10 bits per heavy atom. The van der Waals surface area contributed by atoms with E-state index in [2.05, 4.69) is 15.3 Å². The minimum Gasteiger partial charge on any atom is -0.298 e. The van der Waals surface area contributed by atoms with Gasteiger partial charge in [0.1, 0.15) is 11.4 Å². The van der Waals surface area contributed by atoms with Crippen LogP contribution in [0.15, 0.2) is 48.8 Å². The van der Waals surface area contributed by atoms with Gasteiger partial charge in [-0.2, -0.15) is 0 Å². The van der Waals surface area contributed by atoms with Crippen LogP contribution < -0.4 is 5.32 Å². The van der Waals surface area contributed by atoms with Crippen LogP contribution in [0.2, 0.25) is 0 Å². The van der Waals surface area contributed by atoms with Gasteiger partial charge in [-0.3, -0.25) is 15.0 Å². The Morgan fingerprint density at radius 3 is 2.43 bits per heavy atom. The maximum Gasteiger partial charge on any atom is 0.325 e. The van der Waals surface area contributed by atoms with Crippen molar-refractivity contribution in [1.29, 1.82) is 0 Å². The molecule has 0 bridgehead atoms. The summed E-state index contributed by atoms with van der Waals surface area (Å²) < 4.78 is 0. The molecule has 1 atom stereocenters. The largest absolute Gasteiger partial charge is 0.325 e. The maximum absolute atomic E-state index is 12.3. The first-order chi connectivity index (χ1) is 10.1. The molecule has 0 radical (unpaired) electrons. The average molecular weight is 282 g/mol. The van der Waals surface area contributed by atoms with E-state index in [1.54, 1.807) is 25.4 Å². The molecule has 1 aromatic heterocycles. The molecule has 1 aliphatic rings. The number of hydrogen-bond acceptors (Lipinski definition) is 4. The van der Waals surface area contributed by atoms with Crippen LogP contribution in [0.5, 0.6) is 0 Å². The topological polar surface area (TPSA) is 75.2 Å². The molecule has 6 nitrogen and oxygen atoms in total. The van der Waals surface area contributed by atoms with Crippen LogP contribution in [0.1, 0.15) is 18.3 Å². The molecular weight excluding hydrogens is 268 g/mol. The lowest BCUT2D eigenvalue weighted by molar-refractivity contribution is -0.126. The van der Waals surface area contributed by atoms with Crippen molar-refractivity contribution in [3.63, 3.8) is 0 Å². The Morgan fingerprint density at radius 2 is 1.76 bits per heavy atom. The van der Waals surface area contributed by atoms with Gasteiger partial charge in [0.2, 0.25) is 0 Å². The fourth-order valence-electron chi connectivity index (χ4n) is 2.44. The number of nitrogens with one attached hydrogen (secondary N) is 1. The zero-order valence-corrected chi connectivity index (χ0v) is 11.5. The fourth-order valence-corrected chi connectivity index (χ4v) is 2.44. The Balaban J connectivity index is 2.00. The number of carbonyl (C=O) groups is 2. The summed E-state index contributed by atoms with van der Waals surface area (Å²) in [5.74, 6) is 0.152. The minimum atomic E-state index is -1.06. The summed E-state index contributed by atoms with van der Waals surface area (Å²) in [4.78, 5) is 34.1. The lowest BCUT2D eigenvalue weighted by Crippen LogP contribution is -2.44. The third-order valence-electron chi connectivity index (χ3n) is 3.70. The summed E-state index contributed by atoms with van der Waals surface area (Å²) >= 11 is 0. The molecule has 0 aliphatic carbocycles. The van der Waals surface area contributed by atoms with Crippen molar-refractivity contribution in [2.24, 2.45) is 0 Å². The van der Waals surface area contributed by atoms with Gasteiger partial charge in [0.05, 0.1) is 6.54 Å². The van der Waals surface area contributed by atoms with E-state index in [-0.39, 0.29) is 12.5 Å². The maximum atomic E-state index is 12.3. The van der Waals surface area contributed by atoms with Crippen molar-refractivity contribution in [3.05, 3.63) is 60.2 Å². The third kappa shape index (κ3) is 2.14. The SMILES string of the molecule is CC1(c2ccccc2)C(=O)NC(=O)N1Cc1ncccn1. The first kappa shape index (κ1) is 13.2. The minimum absolute atomic E-state index is 0.170. The molecule has 3 amide bonds. The molecule has 1 fully saturated rings. The predicted molar refractivity (Wildman–Crippen MR) is 74.9 cm³/mol. The highest BCUT2D eigenvalue weighted by Gasteiger charge is 2.50. The molecule has 6 heteroatoms. The van der Waals surface area contributed by atoms with Crippen molar-refractivity contribution >= 4 is 11.9 Å². The van der Waals surface area contributed by atoms with Gasteiger partial charge >= 0.3 is 6.03 Å². The van der Waals surface area contributed by atoms with Gasteiger partial charge in [-0.25, -0.2) is 14.8 Å².